The normalized spacial score (nSPS) is 14.3. The zero-order chi connectivity index (χ0) is 19.4. The minimum Gasteiger partial charge on any atom is -0.362 e. The Kier molecular flexibility index (Phi) is 5.90. The molecular weight excluding hydrogens is 366 g/mol. The first-order valence-corrected chi connectivity index (χ1v) is 9.64. The van der Waals surface area contributed by atoms with E-state index in [1.807, 2.05) is 24.8 Å². The highest BCUT2D eigenvalue weighted by Gasteiger charge is 2.25. The second-order valence-corrected chi connectivity index (χ2v) is 7.28. The van der Waals surface area contributed by atoms with Gasteiger partial charge in [0.1, 0.15) is 5.69 Å². The third-order valence-electron chi connectivity index (χ3n) is 4.34. The number of nitro benzene ring substituents is 1. The van der Waals surface area contributed by atoms with E-state index in [9.17, 15) is 14.9 Å². The lowest BCUT2D eigenvalue weighted by molar-refractivity contribution is -0.384. The van der Waals surface area contributed by atoms with Crippen LogP contribution in [-0.2, 0) is 4.79 Å². The number of anilines is 1. The lowest BCUT2D eigenvalue weighted by atomic mass is 10.2. The number of piperazine rings is 1. The van der Waals surface area contributed by atoms with Crippen molar-refractivity contribution in [1.82, 2.24) is 14.9 Å². The van der Waals surface area contributed by atoms with E-state index in [0.29, 0.717) is 37.0 Å². The summed E-state index contributed by atoms with van der Waals surface area (Å²) in [5, 5.41) is 11.8. The molecule has 1 saturated heterocycles. The predicted molar refractivity (Wildman–Crippen MR) is 104 cm³/mol. The Morgan fingerprint density at radius 1 is 1.15 bits per heavy atom. The monoisotopic (exact) mass is 387 g/mol. The van der Waals surface area contributed by atoms with E-state index in [-0.39, 0.29) is 22.3 Å². The fourth-order valence-electron chi connectivity index (χ4n) is 3.06. The van der Waals surface area contributed by atoms with Gasteiger partial charge in [0, 0.05) is 43.6 Å². The fourth-order valence-corrected chi connectivity index (χ4v) is 3.91. The third-order valence-corrected chi connectivity index (χ3v) is 5.17. The molecule has 0 atom stereocenters. The van der Waals surface area contributed by atoms with Gasteiger partial charge in [-0.15, -0.1) is 0 Å². The van der Waals surface area contributed by atoms with Crippen LogP contribution in [0.3, 0.4) is 0 Å². The number of rotatable bonds is 5. The third kappa shape index (κ3) is 4.73. The number of para-hydroxylation sites is 2. The van der Waals surface area contributed by atoms with E-state index < -0.39 is 0 Å². The molecule has 27 heavy (non-hydrogen) atoms. The molecule has 0 saturated carbocycles. The van der Waals surface area contributed by atoms with Crippen LogP contribution in [0.5, 0.6) is 0 Å². The van der Waals surface area contributed by atoms with Crippen molar-refractivity contribution in [3.8, 4) is 0 Å². The van der Waals surface area contributed by atoms with Gasteiger partial charge in [0.15, 0.2) is 5.16 Å². The van der Waals surface area contributed by atoms with Crippen LogP contribution < -0.4 is 4.90 Å². The molecule has 3 rings (SSSR count). The summed E-state index contributed by atoms with van der Waals surface area (Å²) in [6.07, 6.45) is 0. The lowest BCUT2D eigenvalue weighted by Crippen LogP contribution is -2.49. The highest BCUT2D eigenvalue weighted by molar-refractivity contribution is 7.99. The first kappa shape index (κ1) is 19.1. The highest BCUT2D eigenvalue weighted by Crippen LogP contribution is 2.28. The van der Waals surface area contributed by atoms with E-state index in [2.05, 4.69) is 9.97 Å². The van der Waals surface area contributed by atoms with Gasteiger partial charge in [0.05, 0.1) is 10.7 Å². The minimum absolute atomic E-state index is 0.0324. The Morgan fingerprint density at radius 2 is 1.78 bits per heavy atom. The number of thioether (sulfide) groups is 1. The van der Waals surface area contributed by atoms with Crippen LogP contribution in [-0.4, -0.2) is 57.6 Å². The summed E-state index contributed by atoms with van der Waals surface area (Å²) < 4.78 is 0. The Labute approximate surface area is 161 Å². The first-order valence-electron chi connectivity index (χ1n) is 8.65. The molecule has 0 aliphatic carbocycles. The van der Waals surface area contributed by atoms with Crippen molar-refractivity contribution in [2.45, 2.75) is 19.0 Å². The smallest absolute Gasteiger partial charge is 0.292 e. The maximum Gasteiger partial charge on any atom is 0.292 e. The summed E-state index contributed by atoms with van der Waals surface area (Å²) in [6.45, 7) is 6.03. The van der Waals surface area contributed by atoms with Crippen molar-refractivity contribution in [3.05, 3.63) is 51.8 Å². The molecule has 1 aromatic heterocycles. The summed E-state index contributed by atoms with van der Waals surface area (Å²) in [4.78, 5) is 35.7. The van der Waals surface area contributed by atoms with Crippen molar-refractivity contribution in [3.63, 3.8) is 0 Å². The molecule has 0 bridgehead atoms. The molecule has 0 radical (unpaired) electrons. The van der Waals surface area contributed by atoms with Gasteiger partial charge in [-0.05, 0) is 26.0 Å². The Balaban J connectivity index is 1.56. The quantitative estimate of drug-likeness (QED) is 0.337. The molecule has 142 valence electrons. The highest BCUT2D eigenvalue weighted by atomic mass is 32.2. The van der Waals surface area contributed by atoms with E-state index >= 15 is 0 Å². The number of nitro groups is 1. The molecule has 1 aliphatic heterocycles. The molecule has 0 unspecified atom stereocenters. The molecule has 2 heterocycles. The second-order valence-electron chi connectivity index (χ2n) is 6.34. The number of carbonyl (C=O) groups excluding carboxylic acids is 1. The molecule has 0 N–H and O–H groups in total. The van der Waals surface area contributed by atoms with Gasteiger partial charge in [-0.1, -0.05) is 23.9 Å². The molecule has 1 aliphatic rings. The van der Waals surface area contributed by atoms with Crippen molar-refractivity contribution >= 4 is 29.0 Å². The Bertz CT molecular complexity index is 832. The van der Waals surface area contributed by atoms with Crippen LogP contribution in [0, 0.1) is 24.0 Å². The van der Waals surface area contributed by atoms with Gasteiger partial charge in [0.25, 0.3) is 5.69 Å². The van der Waals surface area contributed by atoms with Gasteiger partial charge < -0.3 is 9.80 Å². The van der Waals surface area contributed by atoms with Crippen molar-refractivity contribution in [2.75, 3.05) is 36.8 Å². The van der Waals surface area contributed by atoms with E-state index in [1.165, 1.54) is 17.8 Å². The minimum atomic E-state index is -0.368. The SMILES string of the molecule is Cc1cc(C)nc(SCC(=O)N2CCN(c3ccccc3[N+](=O)[O-])CC2)n1. The average molecular weight is 387 g/mol. The number of aromatic nitrogens is 2. The fraction of sp³-hybridized carbons (Fsp3) is 0.389. The molecule has 9 heteroatoms. The van der Waals surface area contributed by atoms with Crippen molar-refractivity contribution < 1.29 is 9.72 Å². The van der Waals surface area contributed by atoms with Gasteiger partial charge >= 0.3 is 0 Å². The Morgan fingerprint density at radius 3 is 2.41 bits per heavy atom. The molecular formula is C18H21N5O3S. The Hall–Kier alpha value is -2.68. The molecule has 1 fully saturated rings. The maximum atomic E-state index is 12.5. The summed E-state index contributed by atoms with van der Waals surface area (Å²) >= 11 is 1.34. The van der Waals surface area contributed by atoms with Gasteiger partial charge in [0.2, 0.25) is 5.91 Å². The zero-order valence-electron chi connectivity index (χ0n) is 15.3. The van der Waals surface area contributed by atoms with Crippen LogP contribution in [0.1, 0.15) is 11.4 Å². The molecule has 8 nitrogen and oxygen atoms in total. The molecule has 1 aromatic carbocycles. The van der Waals surface area contributed by atoms with Gasteiger partial charge in [-0.2, -0.15) is 0 Å². The van der Waals surface area contributed by atoms with Crippen LogP contribution >= 0.6 is 11.8 Å². The summed E-state index contributed by atoms with van der Waals surface area (Å²) in [5.41, 5.74) is 2.47. The maximum absolute atomic E-state index is 12.5. The number of amides is 1. The van der Waals surface area contributed by atoms with Crippen LogP contribution in [0.2, 0.25) is 0 Å². The van der Waals surface area contributed by atoms with Crippen LogP contribution in [0.4, 0.5) is 11.4 Å². The standard InChI is InChI=1S/C18H21N5O3S/c1-13-11-14(2)20-18(19-13)27-12-17(24)22-9-7-21(8-10-22)15-5-3-4-6-16(15)23(25)26/h3-6,11H,7-10,12H2,1-2H3. The summed E-state index contributed by atoms with van der Waals surface area (Å²) in [7, 11) is 0. The molecule has 0 spiro atoms. The number of aryl methyl sites for hydroxylation is 2. The first-order chi connectivity index (χ1) is 12.9. The predicted octanol–water partition coefficient (Wildman–Crippen LogP) is 2.44. The van der Waals surface area contributed by atoms with Gasteiger partial charge in [-0.25, -0.2) is 9.97 Å². The number of hydrogen-bond acceptors (Lipinski definition) is 7. The van der Waals surface area contributed by atoms with Crippen molar-refractivity contribution in [1.29, 1.82) is 0 Å². The number of nitrogens with zero attached hydrogens (tertiary/aromatic N) is 5. The van der Waals surface area contributed by atoms with E-state index in [1.54, 1.807) is 23.1 Å². The van der Waals surface area contributed by atoms with Crippen LogP contribution in [0.15, 0.2) is 35.5 Å². The van der Waals surface area contributed by atoms with Crippen LogP contribution in [0.25, 0.3) is 0 Å². The largest absolute Gasteiger partial charge is 0.362 e. The summed E-state index contributed by atoms with van der Waals surface area (Å²) in [6, 6.07) is 8.61. The van der Waals surface area contributed by atoms with E-state index in [0.717, 1.165) is 11.4 Å². The average Bonchev–Trinajstić information content (AvgIpc) is 2.65. The zero-order valence-corrected chi connectivity index (χ0v) is 16.1. The summed E-state index contributed by atoms with van der Waals surface area (Å²) in [5.74, 6) is 0.318. The van der Waals surface area contributed by atoms with Crippen molar-refractivity contribution in [2.24, 2.45) is 0 Å². The second kappa shape index (κ2) is 8.34. The molecule has 1 amide bonds. The lowest BCUT2D eigenvalue weighted by Gasteiger charge is -2.35. The number of carbonyl (C=O) groups is 1. The topological polar surface area (TPSA) is 92.5 Å². The number of benzene rings is 1. The van der Waals surface area contributed by atoms with Gasteiger partial charge in [-0.3, -0.25) is 14.9 Å². The molecule has 2 aromatic rings. The van der Waals surface area contributed by atoms with E-state index in [4.69, 9.17) is 0 Å². The number of hydrogen-bond donors (Lipinski definition) is 0.